The van der Waals surface area contributed by atoms with E-state index in [1.54, 1.807) is 0 Å². The lowest BCUT2D eigenvalue weighted by Crippen LogP contribution is -2.31. The van der Waals surface area contributed by atoms with Crippen molar-refractivity contribution in [3.63, 3.8) is 0 Å². The molecule has 4 nitrogen and oxygen atoms in total. The molecule has 0 saturated carbocycles. The van der Waals surface area contributed by atoms with Gasteiger partial charge in [-0.2, -0.15) is 0 Å². The van der Waals surface area contributed by atoms with Crippen LogP contribution in [-0.2, 0) is 9.59 Å². The van der Waals surface area contributed by atoms with Gasteiger partial charge in [0.25, 0.3) is 0 Å². The van der Waals surface area contributed by atoms with Crippen LogP contribution in [0.15, 0.2) is 0 Å². The largest absolute Gasteiger partial charge is 0.391 e. The second-order valence-corrected chi connectivity index (χ2v) is 18.9. The Labute approximate surface area is 365 Å². The molecule has 1 unspecified atom stereocenters. The molecule has 2 N–H and O–H groups in total. The number of rotatable bonds is 51. The second kappa shape index (κ2) is 50.5. The Morgan fingerprint density at radius 3 is 0.828 bits per heavy atom. The summed E-state index contributed by atoms with van der Waals surface area (Å²) >= 11 is 0. The third-order valence-electron chi connectivity index (χ3n) is 12.8. The molecule has 0 aliphatic rings. The summed E-state index contributed by atoms with van der Waals surface area (Å²) in [5.74, 6) is 0.608. The maximum atomic E-state index is 12.3. The van der Waals surface area contributed by atoms with Crippen LogP contribution in [0.4, 0.5) is 0 Å². The zero-order chi connectivity index (χ0) is 42.1. The second-order valence-electron chi connectivity index (χ2n) is 18.9. The van der Waals surface area contributed by atoms with Gasteiger partial charge in [0.1, 0.15) is 5.78 Å². The number of amides is 1. The molecule has 1 amide bonds. The van der Waals surface area contributed by atoms with Crippen LogP contribution in [0.25, 0.3) is 0 Å². The van der Waals surface area contributed by atoms with Gasteiger partial charge in [0.2, 0.25) is 5.91 Å². The number of hydrogen-bond donors (Lipinski definition) is 2. The number of carbonyl (C=O) groups excluding carboxylic acids is 2. The van der Waals surface area contributed by atoms with Crippen molar-refractivity contribution in [2.45, 2.75) is 328 Å². The van der Waals surface area contributed by atoms with Gasteiger partial charge in [0, 0.05) is 25.8 Å². The average Bonchev–Trinajstić information content (AvgIpc) is 3.22. The van der Waals surface area contributed by atoms with E-state index in [4.69, 9.17) is 0 Å². The van der Waals surface area contributed by atoms with E-state index in [9.17, 15) is 14.7 Å². The van der Waals surface area contributed by atoms with Gasteiger partial charge in [-0.3, -0.25) is 9.59 Å². The molecule has 0 radical (unpaired) electrons. The molecule has 0 aromatic heterocycles. The Balaban J connectivity index is 3.28. The van der Waals surface area contributed by atoms with E-state index in [2.05, 4.69) is 19.2 Å². The summed E-state index contributed by atoms with van der Waals surface area (Å²) in [4.78, 5) is 24.5. The minimum absolute atomic E-state index is 0.104. The summed E-state index contributed by atoms with van der Waals surface area (Å²) in [5.41, 5.74) is 0. The summed E-state index contributed by atoms with van der Waals surface area (Å²) in [6.07, 6.45) is 61.4. The molecule has 0 saturated heterocycles. The summed E-state index contributed by atoms with van der Waals surface area (Å²) in [7, 11) is 0. The van der Waals surface area contributed by atoms with E-state index in [-0.39, 0.29) is 5.91 Å². The molecule has 0 spiro atoms. The predicted molar refractivity (Wildman–Crippen MR) is 257 cm³/mol. The van der Waals surface area contributed by atoms with Gasteiger partial charge in [0.05, 0.1) is 6.10 Å². The minimum atomic E-state index is -0.398. The monoisotopic (exact) mass is 818 g/mol. The molecule has 0 bridgehead atoms. The fraction of sp³-hybridized carbons (Fsp3) is 0.963. The Morgan fingerprint density at radius 2 is 0.552 bits per heavy atom. The van der Waals surface area contributed by atoms with Gasteiger partial charge in [-0.1, -0.05) is 277 Å². The van der Waals surface area contributed by atoms with Crippen molar-refractivity contribution in [3.05, 3.63) is 0 Å². The van der Waals surface area contributed by atoms with Crippen molar-refractivity contribution < 1.29 is 14.7 Å². The predicted octanol–water partition coefficient (Wildman–Crippen LogP) is 17.8. The standard InChI is InChI=1S/C54H107NO3/c1-3-5-7-9-11-13-15-17-19-20-21-24-27-31-35-39-43-47-52(56)48-44-40-36-32-28-25-22-26-30-34-38-42-46-50-54(58)55-51-53(57)49-45-41-37-33-29-23-18-16-14-12-10-8-6-4-2/h53,57H,3-51H2,1-2H3,(H,55,58). The van der Waals surface area contributed by atoms with E-state index in [0.717, 1.165) is 51.4 Å². The van der Waals surface area contributed by atoms with Crippen LogP contribution in [0, 0.1) is 0 Å². The van der Waals surface area contributed by atoms with Crippen molar-refractivity contribution in [1.82, 2.24) is 5.32 Å². The molecule has 0 aromatic carbocycles. The van der Waals surface area contributed by atoms with Crippen molar-refractivity contribution in [3.8, 4) is 0 Å². The molecular formula is C54H107NO3. The van der Waals surface area contributed by atoms with Crippen LogP contribution < -0.4 is 5.32 Å². The molecule has 58 heavy (non-hydrogen) atoms. The number of unbranched alkanes of at least 4 members (excludes halogenated alkanes) is 41. The topological polar surface area (TPSA) is 66.4 Å². The summed E-state index contributed by atoms with van der Waals surface area (Å²) in [5, 5.41) is 13.2. The number of aliphatic hydroxyl groups excluding tert-OH is 1. The zero-order valence-corrected chi connectivity index (χ0v) is 40.0. The SMILES string of the molecule is CCCCCCCCCCCCCCCCCCCC(=O)CCCCCCCCCCCCCCCC(=O)NCC(O)CCCCCCCCCCCCCCCC. The van der Waals surface area contributed by atoms with Crippen molar-refractivity contribution in [1.29, 1.82) is 0 Å². The Bertz CT molecular complexity index is 799. The fourth-order valence-electron chi connectivity index (χ4n) is 8.72. The maximum Gasteiger partial charge on any atom is 0.220 e. The number of nitrogens with one attached hydrogen (secondary N) is 1. The van der Waals surface area contributed by atoms with Crippen LogP contribution in [0.1, 0.15) is 322 Å². The first-order chi connectivity index (χ1) is 28.6. The van der Waals surface area contributed by atoms with Gasteiger partial charge in [-0.05, 0) is 25.7 Å². The number of carbonyl (C=O) groups is 2. The number of Topliss-reactive ketones (excluding diaryl/α,β-unsaturated/α-hetero) is 1. The smallest absolute Gasteiger partial charge is 0.220 e. The summed E-state index contributed by atoms with van der Waals surface area (Å²) in [6.45, 7) is 4.99. The Morgan fingerprint density at radius 1 is 0.328 bits per heavy atom. The van der Waals surface area contributed by atoms with E-state index in [1.807, 2.05) is 0 Å². The lowest BCUT2D eigenvalue weighted by molar-refractivity contribution is -0.121. The highest BCUT2D eigenvalue weighted by Gasteiger charge is 2.07. The van der Waals surface area contributed by atoms with Gasteiger partial charge >= 0.3 is 0 Å². The van der Waals surface area contributed by atoms with Crippen molar-refractivity contribution >= 4 is 11.7 Å². The Kier molecular flexibility index (Phi) is 49.7. The number of ketones is 1. The van der Waals surface area contributed by atoms with Crippen LogP contribution in [-0.4, -0.2) is 29.4 Å². The zero-order valence-electron chi connectivity index (χ0n) is 40.0. The molecule has 4 heteroatoms. The van der Waals surface area contributed by atoms with E-state index >= 15 is 0 Å². The average molecular weight is 818 g/mol. The van der Waals surface area contributed by atoms with Crippen molar-refractivity contribution in [2.24, 2.45) is 0 Å². The first kappa shape index (κ1) is 57.1. The van der Waals surface area contributed by atoms with Gasteiger partial charge in [0.15, 0.2) is 0 Å². The van der Waals surface area contributed by atoms with Gasteiger partial charge < -0.3 is 10.4 Å². The van der Waals surface area contributed by atoms with Gasteiger partial charge in [-0.25, -0.2) is 0 Å². The Hall–Kier alpha value is -0.900. The number of hydrogen-bond acceptors (Lipinski definition) is 3. The molecule has 0 aliphatic heterocycles. The molecule has 0 heterocycles. The highest BCUT2D eigenvalue weighted by atomic mass is 16.3. The maximum absolute atomic E-state index is 12.3. The van der Waals surface area contributed by atoms with Gasteiger partial charge in [-0.15, -0.1) is 0 Å². The first-order valence-corrected chi connectivity index (χ1v) is 27.1. The molecule has 0 rings (SSSR count). The number of aliphatic hydroxyl groups is 1. The molecule has 0 aromatic rings. The third-order valence-corrected chi connectivity index (χ3v) is 12.8. The normalized spacial score (nSPS) is 12.1. The quantitative estimate of drug-likeness (QED) is 0.0601. The lowest BCUT2D eigenvalue weighted by Gasteiger charge is -2.12. The van der Waals surface area contributed by atoms with Crippen molar-refractivity contribution in [2.75, 3.05) is 6.54 Å². The van der Waals surface area contributed by atoms with Crippen LogP contribution in [0.2, 0.25) is 0 Å². The first-order valence-electron chi connectivity index (χ1n) is 27.1. The van der Waals surface area contributed by atoms with Crippen LogP contribution >= 0.6 is 0 Å². The highest BCUT2D eigenvalue weighted by Crippen LogP contribution is 2.18. The lowest BCUT2D eigenvalue weighted by atomic mass is 10.0. The fourth-order valence-corrected chi connectivity index (χ4v) is 8.72. The van der Waals surface area contributed by atoms with E-state index < -0.39 is 6.10 Å². The third kappa shape index (κ3) is 49.5. The molecule has 0 aliphatic carbocycles. The molecule has 346 valence electrons. The molecule has 0 fully saturated rings. The van der Waals surface area contributed by atoms with Crippen LogP contribution in [0.3, 0.4) is 0 Å². The van der Waals surface area contributed by atoms with Crippen LogP contribution in [0.5, 0.6) is 0 Å². The summed E-state index contributed by atoms with van der Waals surface area (Å²) in [6, 6.07) is 0. The summed E-state index contributed by atoms with van der Waals surface area (Å²) < 4.78 is 0. The highest BCUT2D eigenvalue weighted by molar-refractivity contribution is 5.78. The molecular weight excluding hydrogens is 711 g/mol. The molecule has 1 atom stereocenters. The minimum Gasteiger partial charge on any atom is -0.391 e. The van der Waals surface area contributed by atoms with E-state index in [1.165, 1.54) is 250 Å². The van der Waals surface area contributed by atoms with E-state index in [0.29, 0.717) is 18.7 Å².